The first kappa shape index (κ1) is 18.2. The number of hydrogen-bond donors (Lipinski definition) is 1. The highest BCUT2D eigenvalue weighted by Gasteiger charge is 2.18. The van der Waals surface area contributed by atoms with E-state index in [1.165, 1.54) is 17.1 Å². The third-order valence-electron chi connectivity index (χ3n) is 3.92. The van der Waals surface area contributed by atoms with Gasteiger partial charge in [-0.1, -0.05) is 25.5 Å². The van der Waals surface area contributed by atoms with E-state index < -0.39 is 0 Å². The molecule has 0 unspecified atom stereocenters. The largest absolute Gasteiger partial charge is 0.494 e. The van der Waals surface area contributed by atoms with E-state index in [2.05, 4.69) is 24.4 Å². The van der Waals surface area contributed by atoms with Crippen molar-refractivity contribution < 1.29 is 9.53 Å². The Hall–Kier alpha value is -1.59. The standard InChI is InChI=1S/C20H23NO2S2/c1-2-3-11-23-18-9-7-15(8-10-18)19(22)21-17-6-4-5-16(14-17)20-24-12-13-25-20/h4-10,14,20H,2-3,11-13H2,1H3,(H,21,22). The first-order valence-corrected chi connectivity index (χ1v) is 10.7. The van der Waals surface area contributed by atoms with Crippen molar-refractivity contribution in [2.24, 2.45) is 0 Å². The summed E-state index contributed by atoms with van der Waals surface area (Å²) in [6, 6.07) is 15.5. The van der Waals surface area contributed by atoms with Gasteiger partial charge in [-0.15, -0.1) is 23.5 Å². The van der Waals surface area contributed by atoms with E-state index in [1.54, 1.807) is 0 Å². The van der Waals surface area contributed by atoms with Crippen LogP contribution in [0.1, 0.15) is 40.3 Å². The average Bonchev–Trinajstić information content (AvgIpc) is 3.17. The molecule has 2 aromatic carbocycles. The number of ether oxygens (including phenoxy) is 1. The third kappa shape index (κ3) is 5.19. The van der Waals surface area contributed by atoms with Gasteiger partial charge < -0.3 is 10.1 Å². The van der Waals surface area contributed by atoms with Gasteiger partial charge in [0, 0.05) is 22.8 Å². The number of thioether (sulfide) groups is 2. The normalized spacial score (nSPS) is 14.4. The third-order valence-corrected chi connectivity index (χ3v) is 7.03. The molecule has 0 aromatic heterocycles. The lowest BCUT2D eigenvalue weighted by molar-refractivity contribution is 0.102. The van der Waals surface area contributed by atoms with Crippen LogP contribution in [-0.4, -0.2) is 24.0 Å². The molecule has 0 aliphatic carbocycles. The van der Waals surface area contributed by atoms with Gasteiger partial charge >= 0.3 is 0 Å². The molecule has 0 radical (unpaired) electrons. The number of unbranched alkanes of at least 4 members (excludes halogenated alkanes) is 1. The maximum atomic E-state index is 12.5. The second-order valence-electron chi connectivity index (χ2n) is 5.88. The Morgan fingerprint density at radius 1 is 1.16 bits per heavy atom. The Morgan fingerprint density at radius 2 is 1.92 bits per heavy atom. The van der Waals surface area contributed by atoms with Gasteiger partial charge in [0.1, 0.15) is 5.75 Å². The van der Waals surface area contributed by atoms with E-state index in [9.17, 15) is 4.79 Å². The van der Waals surface area contributed by atoms with Gasteiger partial charge in [-0.2, -0.15) is 0 Å². The second-order valence-corrected chi connectivity index (χ2v) is 8.60. The number of amides is 1. The average molecular weight is 374 g/mol. The monoisotopic (exact) mass is 373 g/mol. The molecule has 132 valence electrons. The molecule has 0 bridgehead atoms. The Labute approximate surface area is 157 Å². The molecule has 1 fully saturated rings. The molecular weight excluding hydrogens is 350 g/mol. The van der Waals surface area contributed by atoms with Crippen LogP contribution in [0.5, 0.6) is 5.75 Å². The first-order chi connectivity index (χ1) is 12.3. The van der Waals surface area contributed by atoms with Crippen molar-refractivity contribution in [3.8, 4) is 5.75 Å². The lowest BCUT2D eigenvalue weighted by Crippen LogP contribution is -2.12. The van der Waals surface area contributed by atoms with Gasteiger partial charge in [-0.05, 0) is 48.4 Å². The summed E-state index contributed by atoms with van der Waals surface area (Å²) in [7, 11) is 0. The molecule has 2 aromatic rings. The number of carbonyl (C=O) groups excluding carboxylic acids is 1. The minimum Gasteiger partial charge on any atom is -0.494 e. The van der Waals surface area contributed by atoms with E-state index >= 15 is 0 Å². The fourth-order valence-corrected chi connectivity index (χ4v) is 5.39. The zero-order valence-electron chi connectivity index (χ0n) is 14.4. The highest BCUT2D eigenvalue weighted by Crippen LogP contribution is 2.45. The number of carbonyl (C=O) groups is 1. The Kier molecular flexibility index (Phi) is 6.70. The van der Waals surface area contributed by atoms with Crippen molar-refractivity contribution in [2.75, 3.05) is 23.4 Å². The van der Waals surface area contributed by atoms with Crippen molar-refractivity contribution in [1.82, 2.24) is 0 Å². The van der Waals surface area contributed by atoms with E-state index in [0.717, 1.165) is 24.3 Å². The zero-order valence-corrected chi connectivity index (χ0v) is 16.0. The van der Waals surface area contributed by atoms with E-state index in [4.69, 9.17) is 4.74 Å². The summed E-state index contributed by atoms with van der Waals surface area (Å²) < 4.78 is 6.12. The van der Waals surface area contributed by atoms with Gasteiger partial charge in [0.25, 0.3) is 5.91 Å². The Morgan fingerprint density at radius 3 is 2.64 bits per heavy atom. The zero-order chi connectivity index (χ0) is 17.5. The van der Waals surface area contributed by atoms with E-state index in [1.807, 2.05) is 59.9 Å². The molecule has 25 heavy (non-hydrogen) atoms. The Balaban J connectivity index is 1.61. The van der Waals surface area contributed by atoms with Crippen molar-refractivity contribution in [3.05, 3.63) is 59.7 Å². The molecule has 1 aliphatic heterocycles. The molecule has 1 aliphatic rings. The van der Waals surface area contributed by atoms with Crippen molar-refractivity contribution in [1.29, 1.82) is 0 Å². The number of nitrogens with one attached hydrogen (secondary N) is 1. The smallest absolute Gasteiger partial charge is 0.255 e. The van der Waals surface area contributed by atoms with Crippen molar-refractivity contribution in [2.45, 2.75) is 24.3 Å². The van der Waals surface area contributed by atoms with Crippen LogP contribution >= 0.6 is 23.5 Å². The highest BCUT2D eigenvalue weighted by atomic mass is 32.2. The number of anilines is 1. The van der Waals surface area contributed by atoms with Crippen LogP contribution in [0.3, 0.4) is 0 Å². The second kappa shape index (κ2) is 9.20. The lowest BCUT2D eigenvalue weighted by atomic mass is 10.2. The number of rotatable bonds is 7. The summed E-state index contributed by atoms with van der Waals surface area (Å²) in [6.45, 7) is 2.85. The summed E-state index contributed by atoms with van der Waals surface area (Å²) in [4.78, 5) is 12.5. The molecule has 1 heterocycles. The SMILES string of the molecule is CCCCOc1ccc(C(=O)Nc2cccc(C3SCCS3)c2)cc1. The molecule has 1 amide bonds. The molecule has 1 N–H and O–H groups in total. The summed E-state index contributed by atoms with van der Waals surface area (Å²) in [5.41, 5.74) is 2.75. The van der Waals surface area contributed by atoms with Crippen molar-refractivity contribution >= 4 is 35.1 Å². The molecule has 3 nitrogen and oxygen atoms in total. The van der Waals surface area contributed by atoms with Gasteiger partial charge in [-0.3, -0.25) is 4.79 Å². The minimum absolute atomic E-state index is 0.0935. The minimum atomic E-state index is -0.0935. The molecular formula is C20H23NO2S2. The number of hydrogen-bond acceptors (Lipinski definition) is 4. The molecule has 0 saturated carbocycles. The Bertz CT molecular complexity index is 697. The molecule has 1 saturated heterocycles. The van der Waals surface area contributed by atoms with E-state index in [-0.39, 0.29) is 5.91 Å². The van der Waals surface area contributed by atoms with Crippen LogP contribution in [0.25, 0.3) is 0 Å². The number of benzene rings is 2. The molecule has 0 atom stereocenters. The topological polar surface area (TPSA) is 38.3 Å². The van der Waals surface area contributed by atoms with Crippen LogP contribution in [0.2, 0.25) is 0 Å². The summed E-state index contributed by atoms with van der Waals surface area (Å²) in [6.07, 6.45) is 2.15. The van der Waals surface area contributed by atoms with Gasteiger partial charge in [-0.25, -0.2) is 0 Å². The molecule has 0 spiro atoms. The van der Waals surface area contributed by atoms with Crippen LogP contribution in [0.4, 0.5) is 5.69 Å². The maximum absolute atomic E-state index is 12.5. The van der Waals surface area contributed by atoms with Crippen molar-refractivity contribution in [3.63, 3.8) is 0 Å². The fraction of sp³-hybridized carbons (Fsp3) is 0.350. The fourth-order valence-electron chi connectivity index (χ4n) is 2.55. The summed E-state index contributed by atoms with van der Waals surface area (Å²) in [5.74, 6) is 3.10. The van der Waals surface area contributed by atoms with E-state index in [0.29, 0.717) is 16.8 Å². The quantitative estimate of drug-likeness (QED) is 0.642. The highest BCUT2D eigenvalue weighted by molar-refractivity contribution is 8.19. The summed E-state index contributed by atoms with van der Waals surface area (Å²) in [5, 5.41) is 3.00. The molecule has 3 rings (SSSR count). The summed E-state index contributed by atoms with van der Waals surface area (Å²) >= 11 is 3.93. The van der Waals surface area contributed by atoms with Gasteiger partial charge in [0.2, 0.25) is 0 Å². The maximum Gasteiger partial charge on any atom is 0.255 e. The first-order valence-electron chi connectivity index (χ1n) is 8.63. The van der Waals surface area contributed by atoms with Gasteiger partial charge in [0.05, 0.1) is 11.2 Å². The van der Waals surface area contributed by atoms with Crippen LogP contribution in [0.15, 0.2) is 48.5 Å². The predicted octanol–water partition coefficient (Wildman–Crippen LogP) is 5.60. The molecule has 5 heteroatoms. The lowest BCUT2D eigenvalue weighted by Gasteiger charge is -2.11. The van der Waals surface area contributed by atoms with Gasteiger partial charge in [0.15, 0.2) is 0 Å². The predicted molar refractivity (Wildman–Crippen MR) is 109 cm³/mol. The van der Waals surface area contributed by atoms with Crippen LogP contribution in [0, 0.1) is 0 Å². The van der Waals surface area contributed by atoms with Crippen LogP contribution < -0.4 is 10.1 Å². The van der Waals surface area contributed by atoms with Crippen LogP contribution in [-0.2, 0) is 0 Å².